The molecule has 0 aliphatic carbocycles. The number of hydrogen-bond acceptors (Lipinski definition) is 5. The van der Waals surface area contributed by atoms with Crippen molar-refractivity contribution in [3.05, 3.63) is 52.2 Å². The molecule has 7 nitrogen and oxygen atoms in total. The third-order valence-electron chi connectivity index (χ3n) is 3.89. The van der Waals surface area contributed by atoms with Gasteiger partial charge in [0, 0.05) is 32.5 Å². The average molecular weight is 313 g/mol. The lowest BCUT2D eigenvalue weighted by Crippen LogP contribution is -2.31. The van der Waals surface area contributed by atoms with Crippen molar-refractivity contribution in [1.82, 2.24) is 19.9 Å². The smallest absolute Gasteiger partial charge is 0.263 e. The van der Waals surface area contributed by atoms with E-state index in [0.29, 0.717) is 5.95 Å². The minimum atomic E-state index is -0.396. The van der Waals surface area contributed by atoms with E-state index in [4.69, 9.17) is 0 Å². The van der Waals surface area contributed by atoms with Crippen molar-refractivity contribution in [3.8, 4) is 0 Å². The summed E-state index contributed by atoms with van der Waals surface area (Å²) in [5.74, 6) is 0.303. The van der Waals surface area contributed by atoms with Crippen molar-refractivity contribution >= 4 is 11.9 Å². The predicted octanol–water partition coefficient (Wildman–Crippen LogP) is 0.705. The zero-order valence-electron chi connectivity index (χ0n) is 13.0. The third kappa shape index (κ3) is 3.39. The fourth-order valence-electron chi connectivity index (χ4n) is 2.59. The molecule has 2 aromatic rings. The highest BCUT2D eigenvalue weighted by Crippen LogP contribution is 2.15. The molecule has 1 aliphatic rings. The Bertz CT molecular complexity index is 765. The second kappa shape index (κ2) is 6.60. The molecule has 0 aromatic carbocycles. The molecule has 1 fully saturated rings. The second-order valence-corrected chi connectivity index (χ2v) is 5.56. The molecule has 1 saturated heterocycles. The lowest BCUT2D eigenvalue weighted by molar-refractivity contribution is 0.0948. The number of amides is 1. The van der Waals surface area contributed by atoms with Crippen LogP contribution in [0.2, 0.25) is 0 Å². The summed E-state index contributed by atoms with van der Waals surface area (Å²) >= 11 is 0. The number of anilines is 1. The zero-order chi connectivity index (χ0) is 16.2. The fraction of sp³-hybridized carbons (Fsp3) is 0.375. The number of aryl methyl sites for hydroxylation is 1. The summed E-state index contributed by atoms with van der Waals surface area (Å²) in [7, 11) is 1.62. The summed E-state index contributed by atoms with van der Waals surface area (Å²) in [4.78, 5) is 35.0. The van der Waals surface area contributed by atoms with Crippen LogP contribution in [0.3, 0.4) is 0 Å². The van der Waals surface area contributed by atoms with Gasteiger partial charge in [0.15, 0.2) is 0 Å². The van der Waals surface area contributed by atoms with Crippen molar-refractivity contribution < 1.29 is 4.79 Å². The summed E-state index contributed by atoms with van der Waals surface area (Å²) in [5.41, 5.74) is 0.539. The normalized spacial score (nSPS) is 14.0. The average Bonchev–Trinajstić information content (AvgIpc) is 3.10. The van der Waals surface area contributed by atoms with Gasteiger partial charge >= 0.3 is 0 Å². The first-order chi connectivity index (χ1) is 11.1. The van der Waals surface area contributed by atoms with E-state index < -0.39 is 5.91 Å². The maximum Gasteiger partial charge on any atom is 0.263 e. The maximum atomic E-state index is 12.2. The number of nitrogens with zero attached hydrogens (tertiary/aromatic N) is 4. The number of carbonyl (C=O) groups excluding carboxylic acids is 1. The molecule has 3 heterocycles. The van der Waals surface area contributed by atoms with E-state index in [1.807, 2.05) is 0 Å². The van der Waals surface area contributed by atoms with Crippen molar-refractivity contribution in [2.24, 2.45) is 7.05 Å². The van der Waals surface area contributed by atoms with Gasteiger partial charge < -0.3 is 14.8 Å². The van der Waals surface area contributed by atoms with Gasteiger partial charge in [0.2, 0.25) is 5.95 Å². The molecule has 23 heavy (non-hydrogen) atoms. The molecule has 0 radical (unpaired) electrons. The van der Waals surface area contributed by atoms with Crippen LogP contribution in [0.25, 0.3) is 0 Å². The van der Waals surface area contributed by atoms with E-state index >= 15 is 0 Å². The van der Waals surface area contributed by atoms with E-state index in [1.54, 1.807) is 31.6 Å². The van der Waals surface area contributed by atoms with Crippen LogP contribution in [-0.4, -0.2) is 33.5 Å². The van der Waals surface area contributed by atoms with E-state index in [0.717, 1.165) is 31.6 Å². The Hall–Kier alpha value is -2.70. The molecule has 1 amide bonds. The van der Waals surface area contributed by atoms with E-state index in [1.165, 1.54) is 10.6 Å². The molecule has 0 unspecified atom stereocenters. The Kier molecular flexibility index (Phi) is 4.36. The van der Waals surface area contributed by atoms with Gasteiger partial charge in [-0.05, 0) is 31.0 Å². The molecule has 0 spiro atoms. The van der Waals surface area contributed by atoms with Gasteiger partial charge in [-0.15, -0.1) is 0 Å². The molecule has 7 heteroatoms. The van der Waals surface area contributed by atoms with Crippen LogP contribution in [0, 0.1) is 0 Å². The molecular formula is C16H19N5O2. The van der Waals surface area contributed by atoms with Crippen LogP contribution < -0.4 is 15.8 Å². The number of aromatic nitrogens is 3. The lowest BCUT2D eigenvalue weighted by atomic mass is 10.2. The first-order valence-corrected chi connectivity index (χ1v) is 7.66. The van der Waals surface area contributed by atoms with Gasteiger partial charge in [0.25, 0.3) is 11.5 Å². The van der Waals surface area contributed by atoms with Crippen molar-refractivity contribution in [3.63, 3.8) is 0 Å². The number of pyridine rings is 1. The summed E-state index contributed by atoms with van der Waals surface area (Å²) in [6, 6.07) is 4.96. The molecule has 1 N–H and O–H groups in total. The van der Waals surface area contributed by atoms with E-state index in [-0.39, 0.29) is 17.7 Å². The van der Waals surface area contributed by atoms with Gasteiger partial charge in [-0.25, -0.2) is 9.97 Å². The van der Waals surface area contributed by atoms with E-state index in [2.05, 4.69) is 20.2 Å². The fourth-order valence-corrected chi connectivity index (χ4v) is 2.59. The molecule has 0 atom stereocenters. The minimum Gasteiger partial charge on any atom is -0.346 e. The molecule has 2 aromatic heterocycles. The number of nitrogens with one attached hydrogen (secondary N) is 1. The Morgan fingerprint density at radius 1 is 1.30 bits per heavy atom. The standard InChI is InChI=1S/C16H19N5O2/c1-20-8-4-5-13(15(20)23)14(22)18-11-12-6-7-17-16(19-12)21-9-2-3-10-21/h4-8H,2-3,9-11H2,1H3,(H,18,22). The third-order valence-corrected chi connectivity index (χ3v) is 3.89. The van der Waals surface area contributed by atoms with Crippen LogP contribution in [0.4, 0.5) is 5.95 Å². The first kappa shape index (κ1) is 15.2. The summed E-state index contributed by atoms with van der Waals surface area (Å²) in [6.45, 7) is 2.20. The highest BCUT2D eigenvalue weighted by atomic mass is 16.2. The molecule has 1 aliphatic heterocycles. The SMILES string of the molecule is Cn1cccc(C(=O)NCc2ccnc(N3CCCC3)n2)c1=O. The highest BCUT2D eigenvalue weighted by Gasteiger charge is 2.15. The largest absolute Gasteiger partial charge is 0.346 e. The Morgan fingerprint density at radius 3 is 2.87 bits per heavy atom. The number of rotatable bonds is 4. The van der Waals surface area contributed by atoms with Gasteiger partial charge in [0.05, 0.1) is 12.2 Å². The zero-order valence-corrected chi connectivity index (χ0v) is 13.0. The number of hydrogen-bond donors (Lipinski definition) is 1. The van der Waals surface area contributed by atoms with Crippen molar-refractivity contribution in [2.45, 2.75) is 19.4 Å². The quantitative estimate of drug-likeness (QED) is 0.899. The Balaban J connectivity index is 1.68. The molecule has 120 valence electrons. The molecule has 0 saturated carbocycles. The first-order valence-electron chi connectivity index (χ1n) is 7.66. The summed E-state index contributed by atoms with van der Waals surface area (Å²) < 4.78 is 1.38. The van der Waals surface area contributed by atoms with Crippen LogP contribution in [0.15, 0.2) is 35.4 Å². The topological polar surface area (TPSA) is 80.1 Å². The predicted molar refractivity (Wildman–Crippen MR) is 86.3 cm³/mol. The highest BCUT2D eigenvalue weighted by molar-refractivity contribution is 5.93. The maximum absolute atomic E-state index is 12.2. The molecule has 0 bridgehead atoms. The molecule has 3 rings (SSSR count). The van der Waals surface area contributed by atoms with Gasteiger partial charge in [0.1, 0.15) is 5.56 Å². The van der Waals surface area contributed by atoms with Crippen LogP contribution in [-0.2, 0) is 13.6 Å². The summed E-state index contributed by atoms with van der Waals surface area (Å²) in [6.07, 6.45) is 5.62. The van der Waals surface area contributed by atoms with Gasteiger partial charge in [-0.3, -0.25) is 9.59 Å². The number of carbonyl (C=O) groups is 1. The second-order valence-electron chi connectivity index (χ2n) is 5.56. The Labute approximate surface area is 134 Å². The molecular weight excluding hydrogens is 294 g/mol. The van der Waals surface area contributed by atoms with Gasteiger partial charge in [-0.2, -0.15) is 0 Å². The monoisotopic (exact) mass is 313 g/mol. The Morgan fingerprint density at radius 2 is 2.09 bits per heavy atom. The van der Waals surface area contributed by atoms with Crippen LogP contribution >= 0.6 is 0 Å². The minimum absolute atomic E-state index is 0.129. The van der Waals surface area contributed by atoms with Crippen LogP contribution in [0.1, 0.15) is 28.9 Å². The summed E-state index contributed by atoms with van der Waals surface area (Å²) in [5, 5.41) is 2.74. The van der Waals surface area contributed by atoms with Crippen molar-refractivity contribution in [1.29, 1.82) is 0 Å². The van der Waals surface area contributed by atoms with Crippen LogP contribution in [0.5, 0.6) is 0 Å². The van der Waals surface area contributed by atoms with Gasteiger partial charge in [-0.1, -0.05) is 0 Å². The lowest BCUT2D eigenvalue weighted by Gasteiger charge is -2.15. The van der Waals surface area contributed by atoms with Crippen molar-refractivity contribution in [2.75, 3.05) is 18.0 Å². The van der Waals surface area contributed by atoms with E-state index in [9.17, 15) is 9.59 Å².